The predicted molar refractivity (Wildman–Crippen MR) is 64.7 cm³/mol. The van der Waals surface area contributed by atoms with Crippen molar-refractivity contribution in [2.45, 2.75) is 12.5 Å². The lowest BCUT2D eigenvalue weighted by Gasteiger charge is -2.25. The Labute approximate surface area is 98.6 Å². The maximum absolute atomic E-state index is 12.8. The zero-order valence-electron chi connectivity index (χ0n) is 9.24. The Morgan fingerprint density at radius 2 is 1.94 bits per heavy atom. The summed E-state index contributed by atoms with van der Waals surface area (Å²) in [5.41, 5.74) is 3.11. The van der Waals surface area contributed by atoms with Crippen LogP contribution >= 0.6 is 0 Å². The number of rotatable bonds is 2. The Balaban J connectivity index is 1.69. The van der Waals surface area contributed by atoms with E-state index in [-0.39, 0.29) is 5.82 Å². The Kier molecular flexibility index (Phi) is 2.48. The maximum atomic E-state index is 12.8. The molecule has 1 aromatic carbocycles. The van der Waals surface area contributed by atoms with E-state index in [0.29, 0.717) is 6.04 Å². The minimum atomic E-state index is -0.194. The number of benzene rings is 1. The van der Waals surface area contributed by atoms with Gasteiger partial charge in [-0.2, -0.15) is 0 Å². The van der Waals surface area contributed by atoms with E-state index >= 15 is 0 Å². The molecule has 2 N–H and O–H groups in total. The van der Waals surface area contributed by atoms with Crippen LogP contribution in [0.4, 0.5) is 15.8 Å². The van der Waals surface area contributed by atoms with Gasteiger partial charge in [0.25, 0.3) is 0 Å². The fourth-order valence-corrected chi connectivity index (χ4v) is 2.08. The van der Waals surface area contributed by atoms with Crippen molar-refractivity contribution in [3.63, 3.8) is 0 Å². The minimum absolute atomic E-state index is 0.194. The molecule has 0 saturated carbocycles. The van der Waals surface area contributed by atoms with Crippen molar-refractivity contribution < 1.29 is 8.81 Å². The van der Waals surface area contributed by atoms with Crippen LogP contribution < -0.4 is 10.6 Å². The molecule has 3 nitrogen and oxygen atoms in total. The summed E-state index contributed by atoms with van der Waals surface area (Å²) < 4.78 is 17.9. The number of furan rings is 1. The Morgan fingerprint density at radius 3 is 2.76 bits per heavy atom. The summed E-state index contributed by atoms with van der Waals surface area (Å²) in [5.74, 6) is -0.194. The zero-order valence-corrected chi connectivity index (χ0v) is 9.24. The second-order valence-electron chi connectivity index (χ2n) is 4.25. The second kappa shape index (κ2) is 4.13. The monoisotopic (exact) mass is 232 g/mol. The average Bonchev–Trinajstić information content (AvgIpc) is 2.79. The normalized spacial score (nSPS) is 18.1. The van der Waals surface area contributed by atoms with Crippen molar-refractivity contribution in [1.29, 1.82) is 0 Å². The molecular formula is C13H13FN2O. The molecule has 0 aliphatic carbocycles. The lowest BCUT2D eigenvalue weighted by molar-refractivity contribution is 0.569. The van der Waals surface area contributed by atoms with Gasteiger partial charge in [-0.05, 0) is 24.1 Å². The number of nitrogens with one attached hydrogen (secondary N) is 2. The van der Waals surface area contributed by atoms with Crippen molar-refractivity contribution in [3.05, 3.63) is 48.2 Å². The molecular weight excluding hydrogens is 219 g/mol. The van der Waals surface area contributed by atoms with Gasteiger partial charge in [-0.3, -0.25) is 0 Å². The van der Waals surface area contributed by atoms with Crippen molar-refractivity contribution in [2.75, 3.05) is 17.2 Å². The lowest BCUT2D eigenvalue weighted by atomic mass is 10.0. The van der Waals surface area contributed by atoms with Gasteiger partial charge < -0.3 is 15.1 Å². The van der Waals surface area contributed by atoms with E-state index in [4.69, 9.17) is 4.42 Å². The maximum Gasteiger partial charge on any atom is 0.123 e. The molecule has 2 heterocycles. The summed E-state index contributed by atoms with van der Waals surface area (Å²) >= 11 is 0. The third-order valence-corrected chi connectivity index (χ3v) is 2.96. The van der Waals surface area contributed by atoms with Crippen molar-refractivity contribution in [2.24, 2.45) is 0 Å². The lowest BCUT2D eigenvalue weighted by Crippen LogP contribution is -2.34. The van der Waals surface area contributed by atoms with Gasteiger partial charge in [0.05, 0.1) is 11.4 Å². The Bertz CT molecular complexity index is 506. The van der Waals surface area contributed by atoms with Crippen molar-refractivity contribution in [1.82, 2.24) is 0 Å². The summed E-state index contributed by atoms with van der Waals surface area (Å²) in [6, 6.07) is 6.93. The fourth-order valence-electron chi connectivity index (χ4n) is 2.08. The average molecular weight is 232 g/mol. The predicted octanol–water partition coefficient (Wildman–Crippen LogP) is 2.87. The van der Waals surface area contributed by atoms with Gasteiger partial charge in [0.1, 0.15) is 18.3 Å². The highest BCUT2D eigenvalue weighted by Crippen LogP contribution is 2.27. The molecule has 0 bridgehead atoms. The van der Waals surface area contributed by atoms with Gasteiger partial charge in [0.15, 0.2) is 0 Å². The molecule has 1 aromatic heterocycles. The van der Waals surface area contributed by atoms with Crippen LogP contribution in [0.15, 0.2) is 41.2 Å². The molecule has 1 atom stereocenters. The molecule has 1 unspecified atom stereocenters. The summed E-state index contributed by atoms with van der Waals surface area (Å²) in [6.45, 7) is 0.837. The van der Waals surface area contributed by atoms with Crippen molar-refractivity contribution in [3.8, 4) is 0 Å². The van der Waals surface area contributed by atoms with Crippen LogP contribution in [0.3, 0.4) is 0 Å². The third kappa shape index (κ3) is 2.11. The number of halogens is 1. The first kappa shape index (κ1) is 10.2. The van der Waals surface area contributed by atoms with Gasteiger partial charge in [-0.15, -0.1) is 0 Å². The molecule has 1 aliphatic rings. The largest absolute Gasteiger partial charge is 0.468 e. The molecule has 0 saturated heterocycles. The molecule has 0 spiro atoms. The summed E-state index contributed by atoms with van der Waals surface area (Å²) in [6.07, 6.45) is 4.24. The third-order valence-electron chi connectivity index (χ3n) is 2.96. The van der Waals surface area contributed by atoms with Crippen LogP contribution in [-0.2, 0) is 6.42 Å². The molecule has 0 fully saturated rings. The van der Waals surface area contributed by atoms with E-state index in [0.717, 1.165) is 29.9 Å². The van der Waals surface area contributed by atoms with E-state index in [1.54, 1.807) is 12.5 Å². The van der Waals surface area contributed by atoms with Gasteiger partial charge in [0.2, 0.25) is 0 Å². The van der Waals surface area contributed by atoms with Crippen LogP contribution in [0.25, 0.3) is 0 Å². The molecule has 88 valence electrons. The van der Waals surface area contributed by atoms with Crippen molar-refractivity contribution >= 4 is 11.4 Å². The second-order valence-corrected chi connectivity index (χ2v) is 4.25. The van der Waals surface area contributed by atoms with Crippen LogP contribution in [0.2, 0.25) is 0 Å². The highest BCUT2D eigenvalue weighted by molar-refractivity contribution is 5.69. The molecule has 3 rings (SSSR count). The SMILES string of the molecule is Fc1ccc(CC2CNc3cocc3N2)cc1. The molecule has 1 aliphatic heterocycles. The van der Waals surface area contributed by atoms with Gasteiger partial charge in [-0.25, -0.2) is 4.39 Å². The molecule has 4 heteroatoms. The minimum Gasteiger partial charge on any atom is -0.468 e. The smallest absolute Gasteiger partial charge is 0.123 e. The fraction of sp³-hybridized carbons (Fsp3) is 0.231. The molecule has 2 aromatic rings. The Morgan fingerprint density at radius 1 is 1.18 bits per heavy atom. The van der Waals surface area contributed by atoms with E-state index < -0.39 is 0 Å². The Hall–Kier alpha value is -1.97. The van der Waals surface area contributed by atoms with Crippen LogP contribution in [0.5, 0.6) is 0 Å². The van der Waals surface area contributed by atoms with Gasteiger partial charge >= 0.3 is 0 Å². The van der Waals surface area contributed by atoms with E-state index in [1.165, 1.54) is 12.1 Å². The first-order chi connectivity index (χ1) is 8.31. The van der Waals surface area contributed by atoms with E-state index in [1.807, 2.05) is 12.1 Å². The number of hydrogen-bond donors (Lipinski definition) is 2. The highest BCUT2D eigenvalue weighted by atomic mass is 19.1. The van der Waals surface area contributed by atoms with Crippen LogP contribution in [0, 0.1) is 5.82 Å². The standard InChI is InChI=1S/C13H13FN2O/c14-10-3-1-9(2-4-10)5-11-6-15-12-7-17-8-13(12)16-11/h1-4,7-8,11,15-16H,5-6H2. The number of anilines is 2. The molecule has 0 amide bonds. The first-order valence-corrected chi connectivity index (χ1v) is 5.62. The summed E-state index contributed by atoms with van der Waals surface area (Å²) in [7, 11) is 0. The van der Waals surface area contributed by atoms with Gasteiger partial charge in [-0.1, -0.05) is 12.1 Å². The first-order valence-electron chi connectivity index (χ1n) is 5.62. The molecule has 17 heavy (non-hydrogen) atoms. The number of fused-ring (bicyclic) bond motifs is 1. The number of hydrogen-bond acceptors (Lipinski definition) is 3. The van der Waals surface area contributed by atoms with E-state index in [9.17, 15) is 4.39 Å². The summed E-state index contributed by atoms with van der Waals surface area (Å²) in [4.78, 5) is 0. The van der Waals surface area contributed by atoms with Gasteiger partial charge in [0, 0.05) is 12.6 Å². The molecule has 0 radical (unpaired) electrons. The van der Waals surface area contributed by atoms with Crippen LogP contribution in [0.1, 0.15) is 5.56 Å². The summed E-state index contributed by atoms with van der Waals surface area (Å²) in [5, 5.41) is 6.68. The quantitative estimate of drug-likeness (QED) is 0.836. The zero-order chi connectivity index (χ0) is 11.7. The van der Waals surface area contributed by atoms with E-state index in [2.05, 4.69) is 10.6 Å². The topological polar surface area (TPSA) is 37.2 Å². The highest BCUT2D eigenvalue weighted by Gasteiger charge is 2.18. The van der Waals surface area contributed by atoms with Crippen LogP contribution in [-0.4, -0.2) is 12.6 Å².